The van der Waals surface area contributed by atoms with E-state index in [1.165, 1.54) is 0 Å². The number of carbonyl (C=O) groups is 1. The smallest absolute Gasteiger partial charge is 0.232 e. The van der Waals surface area contributed by atoms with E-state index in [1.807, 2.05) is 18.2 Å². The van der Waals surface area contributed by atoms with Crippen molar-refractivity contribution in [2.75, 3.05) is 25.7 Å². The third-order valence-electron chi connectivity index (χ3n) is 4.53. The van der Waals surface area contributed by atoms with Crippen LogP contribution in [0.3, 0.4) is 0 Å². The van der Waals surface area contributed by atoms with E-state index < -0.39 is 0 Å². The molecule has 1 atom stereocenters. The van der Waals surface area contributed by atoms with Crippen molar-refractivity contribution in [2.24, 2.45) is 0 Å². The lowest BCUT2D eigenvalue weighted by Crippen LogP contribution is -2.24. The van der Waals surface area contributed by atoms with Crippen LogP contribution in [0, 0.1) is 0 Å². The number of hydrogen-bond acceptors (Lipinski definition) is 7. The zero-order valence-corrected chi connectivity index (χ0v) is 15.0. The molecule has 1 aromatic carbocycles. The molecule has 8 nitrogen and oxygen atoms in total. The highest BCUT2D eigenvalue weighted by atomic mass is 16.5. The Kier molecular flexibility index (Phi) is 4.45. The molecule has 1 aliphatic rings. The predicted octanol–water partition coefficient (Wildman–Crippen LogP) is 2.67. The number of carbonyl (C=O) groups excluding carboxylic acids is 1. The second-order valence-corrected chi connectivity index (χ2v) is 6.14. The second kappa shape index (κ2) is 7.06. The summed E-state index contributed by atoms with van der Waals surface area (Å²) in [5.74, 6) is 1.97. The molecule has 4 rings (SSSR count). The molecule has 3 heterocycles. The Morgan fingerprint density at radius 1 is 1.11 bits per heavy atom. The molecule has 1 saturated heterocycles. The molecule has 0 saturated carbocycles. The maximum absolute atomic E-state index is 12.5. The molecule has 1 aliphatic heterocycles. The monoisotopic (exact) mass is 366 g/mol. The molecule has 0 aliphatic carbocycles. The summed E-state index contributed by atoms with van der Waals surface area (Å²) in [5.41, 5.74) is 1.56. The van der Waals surface area contributed by atoms with Crippen LogP contribution >= 0.6 is 0 Å². The third-order valence-corrected chi connectivity index (χ3v) is 4.53. The molecular formula is C19H18N4O4. The van der Waals surface area contributed by atoms with E-state index in [0.29, 0.717) is 36.2 Å². The standard InChI is InChI=1S/C19H18N4O4/c1-25-15-4-3-14(10-16(15)26-2)23-11-13(9-17(23)24)19-21-18(22-27-19)12-5-7-20-8-6-12/h3-8,10,13H,9,11H2,1-2H3/t13-/m0/s1. The van der Waals surface area contributed by atoms with Crippen LogP contribution in [0.1, 0.15) is 18.2 Å². The van der Waals surface area contributed by atoms with Gasteiger partial charge >= 0.3 is 0 Å². The summed E-state index contributed by atoms with van der Waals surface area (Å²) in [6.07, 6.45) is 3.65. The molecule has 27 heavy (non-hydrogen) atoms. The molecule has 138 valence electrons. The van der Waals surface area contributed by atoms with Gasteiger partial charge in [-0.15, -0.1) is 0 Å². The normalized spacial score (nSPS) is 16.6. The lowest BCUT2D eigenvalue weighted by atomic mass is 10.1. The topological polar surface area (TPSA) is 90.6 Å². The number of amides is 1. The van der Waals surface area contributed by atoms with Gasteiger partial charge in [-0.2, -0.15) is 4.98 Å². The first-order valence-electron chi connectivity index (χ1n) is 8.46. The summed E-state index contributed by atoms with van der Waals surface area (Å²) in [4.78, 5) is 22.7. The minimum absolute atomic E-state index is 0.00381. The summed E-state index contributed by atoms with van der Waals surface area (Å²) in [5, 5.41) is 4.02. The number of aromatic nitrogens is 3. The Morgan fingerprint density at radius 3 is 2.63 bits per heavy atom. The van der Waals surface area contributed by atoms with Gasteiger partial charge in [-0.05, 0) is 24.3 Å². The molecule has 8 heteroatoms. The van der Waals surface area contributed by atoms with E-state index in [-0.39, 0.29) is 11.8 Å². The quantitative estimate of drug-likeness (QED) is 0.685. The Morgan fingerprint density at radius 2 is 1.89 bits per heavy atom. The van der Waals surface area contributed by atoms with Crippen LogP contribution in [-0.2, 0) is 4.79 Å². The largest absolute Gasteiger partial charge is 0.493 e. The van der Waals surface area contributed by atoms with Crippen molar-refractivity contribution in [2.45, 2.75) is 12.3 Å². The van der Waals surface area contributed by atoms with Crippen molar-refractivity contribution in [1.29, 1.82) is 0 Å². The van der Waals surface area contributed by atoms with Gasteiger partial charge in [-0.3, -0.25) is 9.78 Å². The predicted molar refractivity (Wildman–Crippen MR) is 96.8 cm³/mol. The number of anilines is 1. The van der Waals surface area contributed by atoms with Gasteiger partial charge in [0.25, 0.3) is 0 Å². The van der Waals surface area contributed by atoms with Gasteiger partial charge in [0.2, 0.25) is 17.6 Å². The SMILES string of the molecule is COc1ccc(N2C[C@@H](c3nc(-c4ccncc4)no3)CC2=O)cc1OC. The third kappa shape index (κ3) is 3.21. The van der Waals surface area contributed by atoms with Gasteiger partial charge in [-0.25, -0.2) is 0 Å². The highest BCUT2D eigenvalue weighted by molar-refractivity contribution is 5.96. The average molecular weight is 366 g/mol. The van der Waals surface area contributed by atoms with Crippen molar-refractivity contribution < 1.29 is 18.8 Å². The van der Waals surface area contributed by atoms with Crippen molar-refractivity contribution in [1.82, 2.24) is 15.1 Å². The van der Waals surface area contributed by atoms with E-state index >= 15 is 0 Å². The summed E-state index contributed by atoms with van der Waals surface area (Å²) in [6.45, 7) is 0.465. The highest BCUT2D eigenvalue weighted by Crippen LogP contribution is 2.36. The molecule has 0 bridgehead atoms. The lowest BCUT2D eigenvalue weighted by molar-refractivity contribution is -0.117. The molecule has 0 spiro atoms. The minimum Gasteiger partial charge on any atom is -0.493 e. The number of hydrogen-bond donors (Lipinski definition) is 0. The summed E-state index contributed by atoms with van der Waals surface area (Å²) >= 11 is 0. The Balaban J connectivity index is 1.55. The fourth-order valence-corrected chi connectivity index (χ4v) is 3.13. The van der Waals surface area contributed by atoms with Crippen molar-refractivity contribution in [3.05, 3.63) is 48.6 Å². The van der Waals surface area contributed by atoms with Gasteiger partial charge in [-0.1, -0.05) is 5.16 Å². The van der Waals surface area contributed by atoms with Crippen LogP contribution in [0.15, 0.2) is 47.2 Å². The molecule has 0 N–H and O–H groups in total. The van der Waals surface area contributed by atoms with Crippen molar-refractivity contribution in [3.63, 3.8) is 0 Å². The number of benzene rings is 1. The Labute approximate surface area is 155 Å². The average Bonchev–Trinajstić information content (AvgIpc) is 3.35. The summed E-state index contributed by atoms with van der Waals surface area (Å²) in [6, 6.07) is 9.02. The van der Waals surface area contributed by atoms with E-state index in [2.05, 4.69) is 15.1 Å². The number of pyridine rings is 1. The first-order valence-corrected chi connectivity index (χ1v) is 8.46. The highest BCUT2D eigenvalue weighted by Gasteiger charge is 2.35. The van der Waals surface area contributed by atoms with Gasteiger partial charge in [0.1, 0.15) is 0 Å². The number of nitrogens with zero attached hydrogens (tertiary/aromatic N) is 4. The molecule has 1 fully saturated rings. The molecular weight excluding hydrogens is 348 g/mol. The second-order valence-electron chi connectivity index (χ2n) is 6.14. The van der Waals surface area contributed by atoms with Gasteiger partial charge in [0.05, 0.1) is 20.1 Å². The molecule has 3 aromatic rings. The summed E-state index contributed by atoms with van der Waals surface area (Å²) < 4.78 is 16.0. The van der Waals surface area contributed by atoms with Gasteiger partial charge in [0.15, 0.2) is 11.5 Å². The number of rotatable bonds is 5. The van der Waals surface area contributed by atoms with Crippen LogP contribution in [0.25, 0.3) is 11.4 Å². The van der Waals surface area contributed by atoms with Crippen LogP contribution < -0.4 is 14.4 Å². The van der Waals surface area contributed by atoms with Gasteiger partial charge in [0, 0.05) is 42.7 Å². The zero-order chi connectivity index (χ0) is 18.8. The summed E-state index contributed by atoms with van der Waals surface area (Å²) in [7, 11) is 3.14. The minimum atomic E-state index is -0.159. The van der Waals surface area contributed by atoms with E-state index in [4.69, 9.17) is 14.0 Å². The Bertz CT molecular complexity index is 957. The van der Waals surface area contributed by atoms with Crippen LogP contribution in [0.2, 0.25) is 0 Å². The first kappa shape index (κ1) is 17.0. The van der Waals surface area contributed by atoms with Crippen molar-refractivity contribution >= 4 is 11.6 Å². The molecule has 0 radical (unpaired) electrons. The van der Waals surface area contributed by atoms with E-state index in [1.54, 1.807) is 43.6 Å². The number of methoxy groups -OCH3 is 2. The van der Waals surface area contributed by atoms with Crippen LogP contribution in [0.4, 0.5) is 5.69 Å². The first-order chi connectivity index (χ1) is 13.2. The molecule has 1 amide bonds. The van der Waals surface area contributed by atoms with Crippen LogP contribution in [0.5, 0.6) is 11.5 Å². The lowest BCUT2D eigenvalue weighted by Gasteiger charge is -2.18. The molecule has 2 aromatic heterocycles. The fraction of sp³-hybridized carbons (Fsp3) is 0.263. The van der Waals surface area contributed by atoms with E-state index in [9.17, 15) is 4.79 Å². The van der Waals surface area contributed by atoms with Gasteiger partial charge < -0.3 is 18.9 Å². The fourth-order valence-electron chi connectivity index (χ4n) is 3.13. The van der Waals surface area contributed by atoms with E-state index in [0.717, 1.165) is 11.3 Å². The maximum atomic E-state index is 12.5. The molecule has 0 unspecified atom stereocenters. The van der Waals surface area contributed by atoms with Crippen LogP contribution in [-0.4, -0.2) is 41.8 Å². The Hall–Kier alpha value is -3.42. The maximum Gasteiger partial charge on any atom is 0.232 e. The number of ether oxygens (including phenoxy) is 2. The van der Waals surface area contributed by atoms with Crippen molar-refractivity contribution in [3.8, 4) is 22.9 Å². The zero-order valence-electron chi connectivity index (χ0n) is 15.0.